The summed E-state index contributed by atoms with van der Waals surface area (Å²) in [5.41, 5.74) is 1.13. The van der Waals surface area contributed by atoms with Gasteiger partial charge in [-0.2, -0.15) is 0 Å². The number of benzene rings is 1. The SMILES string of the molecule is CC(=O)c1ccc(Nc2ccnc(Br)c2)c([N+](=O)[O-])c1. The number of nitro groups is 1. The van der Waals surface area contributed by atoms with Crippen LogP contribution in [0.3, 0.4) is 0 Å². The van der Waals surface area contributed by atoms with Crippen molar-refractivity contribution in [2.45, 2.75) is 6.92 Å². The molecule has 1 heterocycles. The maximum Gasteiger partial charge on any atom is 0.293 e. The fraction of sp³-hybridized carbons (Fsp3) is 0.0769. The van der Waals surface area contributed by atoms with E-state index in [0.29, 0.717) is 21.5 Å². The lowest BCUT2D eigenvalue weighted by Gasteiger charge is -2.08. The van der Waals surface area contributed by atoms with Crippen molar-refractivity contribution in [3.05, 3.63) is 56.8 Å². The molecule has 0 fully saturated rings. The number of halogens is 1. The average Bonchev–Trinajstić information content (AvgIpc) is 2.38. The predicted octanol–water partition coefficient (Wildman–Crippen LogP) is 3.70. The molecule has 2 aromatic rings. The maximum atomic E-state index is 11.3. The fourth-order valence-corrected chi connectivity index (χ4v) is 2.01. The molecule has 2 rings (SSSR count). The highest BCUT2D eigenvalue weighted by molar-refractivity contribution is 9.10. The number of anilines is 2. The third-order valence-electron chi connectivity index (χ3n) is 2.61. The smallest absolute Gasteiger partial charge is 0.293 e. The van der Waals surface area contributed by atoms with Crippen molar-refractivity contribution in [2.75, 3.05) is 5.32 Å². The van der Waals surface area contributed by atoms with Gasteiger partial charge in [0.25, 0.3) is 5.69 Å². The fourth-order valence-electron chi connectivity index (χ4n) is 1.64. The second kappa shape index (κ2) is 5.79. The first-order chi connectivity index (χ1) is 9.47. The Morgan fingerprint density at radius 2 is 2.10 bits per heavy atom. The van der Waals surface area contributed by atoms with Gasteiger partial charge in [0.05, 0.1) is 4.92 Å². The van der Waals surface area contributed by atoms with Crippen LogP contribution in [0.5, 0.6) is 0 Å². The van der Waals surface area contributed by atoms with E-state index in [-0.39, 0.29) is 11.5 Å². The predicted molar refractivity (Wildman–Crippen MR) is 78.3 cm³/mol. The molecule has 0 unspecified atom stereocenters. The molecule has 20 heavy (non-hydrogen) atoms. The Labute approximate surface area is 123 Å². The number of nitrogens with zero attached hydrogens (tertiary/aromatic N) is 2. The Morgan fingerprint density at radius 3 is 2.70 bits per heavy atom. The maximum absolute atomic E-state index is 11.3. The minimum absolute atomic E-state index is 0.148. The van der Waals surface area contributed by atoms with Crippen molar-refractivity contribution in [1.29, 1.82) is 0 Å². The summed E-state index contributed by atoms with van der Waals surface area (Å²) in [5, 5.41) is 14.0. The van der Waals surface area contributed by atoms with Crippen LogP contribution in [0.15, 0.2) is 41.1 Å². The molecule has 0 atom stereocenters. The van der Waals surface area contributed by atoms with E-state index in [4.69, 9.17) is 0 Å². The molecule has 1 aromatic heterocycles. The van der Waals surface area contributed by atoms with Crippen LogP contribution in [0.4, 0.5) is 17.1 Å². The zero-order valence-corrected chi connectivity index (χ0v) is 12.0. The monoisotopic (exact) mass is 335 g/mol. The van der Waals surface area contributed by atoms with Gasteiger partial charge >= 0.3 is 0 Å². The van der Waals surface area contributed by atoms with Crippen LogP contribution in [0.25, 0.3) is 0 Å². The van der Waals surface area contributed by atoms with Crippen LogP contribution < -0.4 is 5.32 Å². The summed E-state index contributed by atoms with van der Waals surface area (Å²) in [6, 6.07) is 7.72. The molecule has 1 aromatic carbocycles. The van der Waals surface area contributed by atoms with Crippen LogP contribution in [-0.2, 0) is 0 Å². The molecule has 0 spiro atoms. The van der Waals surface area contributed by atoms with Crippen LogP contribution >= 0.6 is 15.9 Å². The number of hydrogen-bond acceptors (Lipinski definition) is 5. The Hall–Kier alpha value is -2.28. The lowest BCUT2D eigenvalue weighted by molar-refractivity contribution is -0.383. The van der Waals surface area contributed by atoms with E-state index in [1.807, 2.05) is 0 Å². The molecular weight excluding hydrogens is 326 g/mol. The Morgan fingerprint density at radius 1 is 1.35 bits per heavy atom. The number of ketones is 1. The van der Waals surface area contributed by atoms with Gasteiger partial charge in [-0.25, -0.2) is 4.98 Å². The molecule has 0 amide bonds. The second-order valence-electron chi connectivity index (χ2n) is 4.04. The number of aromatic nitrogens is 1. The number of pyridine rings is 1. The molecule has 7 heteroatoms. The largest absolute Gasteiger partial charge is 0.350 e. The van der Waals surface area contributed by atoms with Gasteiger partial charge in [0, 0.05) is 23.5 Å². The van der Waals surface area contributed by atoms with Crippen molar-refractivity contribution in [3.63, 3.8) is 0 Å². The highest BCUT2D eigenvalue weighted by atomic mass is 79.9. The Kier molecular flexibility index (Phi) is 4.09. The first kappa shape index (κ1) is 14.1. The molecule has 0 saturated heterocycles. The van der Waals surface area contributed by atoms with E-state index < -0.39 is 4.92 Å². The third-order valence-corrected chi connectivity index (χ3v) is 3.04. The van der Waals surface area contributed by atoms with E-state index in [2.05, 4.69) is 26.2 Å². The van der Waals surface area contributed by atoms with Gasteiger partial charge in [-0.1, -0.05) is 0 Å². The minimum Gasteiger partial charge on any atom is -0.350 e. The zero-order valence-electron chi connectivity index (χ0n) is 10.5. The van der Waals surface area contributed by atoms with Crippen molar-refractivity contribution in [3.8, 4) is 0 Å². The van der Waals surface area contributed by atoms with Crippen molar-refractivity contribution >= 4 is 38.8 Å². The number of rotatable bonds is 4. The normalized spacial score (nSPS) is 10.1. The standard InChI is InChI=1S/C13H10BrN3O3/c1-8(18)9-2-3-11(12(6-9)17(19)20)16-10-4-5-15-13(14)7-10/h2-7H,1H3,(H,15,16). The molecular formula is C13H10BrN3O3. The summed E-state index contributed by atoms with van der Waals surface area (Å²) in [7, 11) is 0. The quantitative estimate of drug-likeness (QED) is 0.398. The first-order valence-electron chi connectivity index (χ1n) is 5.65. The highest BCUT2D eigenvalue weighted by Crippen LogP contribution is 2.29. The summed E-state index contributed by atoms with van der Waals surface area (Å²) in [4.78, 5) is 25.8. The minimum atomic E-state index is -0.523. The highest BCUT2D eigenvalue weighted by Gasteiger charge is 2.16. The molecule has 0 bridgehead atoms. The first-order valence-corrected chi connectivity index (χ1v) is 6.44. The van der Waals surface area contributed by atoms with Crippen molar-refractivity contribution < 1.29 is 9.72 Å². The summed E-state index contributed by atoms with van der Waals surface area (Å²) in [5.74, 6) is -0.216. The number of nitrogens with one attached hydrogen (secondary N) is 1. The van der Waals surface area contributed by atoms with Gasteiger partial charge in [0.15, 0.2) is 5.78 Å². The lowest BCUT2D eigenvalue weighted by Crippen LogP contribution is -2.00. The van der Waals surface area contributed by atoms with E-state index in [1.54, 1.807) is 24.4 Å². The van der Waals surface area contributed by atoms with Gasteiger partial charge < -0.3 is 5.32 Å². The topological polar surface area (TPSA) is 85.1 Å². The third kappa shape index (κ3) is 3.18. The van der Waals surface area contributed by atoms with Crippen LogP contribution in [0.2, 0.25) is 0 Å². The van der Waals surface area contributed by atoms with Gasteiger partial charge in [-0.05, 0) is 47.1 Å². The van der Waals surface area contributed by atoms with E-state index in [1.165, 1.54) is 19.1 Å². The Bertz CT molecular complexity index is 688. The van der Waals surface area contributed by atoms with Crippen molar-refractivity contribution in [2.24, 2.45) is 0 Å². The van der Waals surface area contributed by atoms with E-state index in [0.717, 1.165) is 0 Å². The summed E-state index contributed by atoms with van der Waals surface area (Å²) in [6.45, 7) is 1.37. The molecule has 102 valence electrons. The number of hydrogen-bond donors (Lipinski definition) is 1. The zero-order chi connectivity index (χ0) is 14.7. The molecule has 0 saturated carbocycles. The molecule has 1 N–H and O–H groups in total. The van der Waals surface area contributed by atoms with Gasteiger partial charge in [0.2, 0.25) is 0 Å². The van der Waals surface area contributed by atoms with Crippen LogP contribution in [0.1, 0.15) is 17.3 Å². The molecule has 0 aliphatic heterocycles. The second-order valence-corrected chi connectivity index (χ2v) is 4.85. The van der Waals surface area contributed by atoms with Crippen LogP contribution in [-0.4, -0.2) is 15.7 Å². The summed E-state index contributed by atoms with van der Waals surface area (Å²) in [6.07, 6.45) is 1.57. The molecule has 0 aliphatic rings. The van der Waals surface area contributed by atoms with E-state index >= 15 is 0 Å². The average molecular weight is 336 g/mol. The van der Waals surface area contributed by atoms with Gasteiger partial charge in [-0.3, -0.25) is 14.9 Å². The lowest BCUT2D eigenvalue weighted by atomic mass is 10.1. The Balaban J connectivity index is 2.41. The number of carbonyl (C=O) groups excluding carboxylic acids is 1. The summed E-state index contributed by atoms with van der Waals surface area (Å²) >= 11 is 3.22. The number of nitro benzene ring substituents is 1. The summed E-state index contributed by atoms with van der Waals surface area (Å²) < 4.78 is 0.616. The molecule has 0 aliphatic carbocycles. The molecule has 0 radical (unpaired) electrons. The van der Waals surface area contributed by atoms with E-state index in [9.17, 15) is 14.9 Å². The van der Waals surface area contributed by atoms with Crippen LogP contribution in [0, 0.1) is 10.1 Å². The van der Waals surface area contributed by atoms with Crippen molar-refractivity contribution in [1.82, 2.24) is 4.98 Å². The number of carbonyl (C=O) groups is 1. The van der Waals surface area contributed by atoms with Gasteiger partial charge in [0.1, 0.15) is 10.3 Å². The number of Topliss-reactive ketones (excluding diaryl/α,β-unsaturated/α-hetero) is 1. The molecule has 6 nitrogen and oxygen atoms in total. The van der Waals surface area contributed by atoms with Gasteiger partial charge in [-0.15, -0.1) is 0 Å².